The van der Waals surface area contributed by atoms with Crippen LogP contribution < -0.4 is 11.1 Å². The molecule has 1 aromatic rings. The molecule has 0 spiro atoms. The second-order valence-corrected chi connectivity index (χ2v) is 5.27. The summed E-state index contributed by atoms with van der Waals surface area (Å²) < 4.78 is 10.5. The topological polar surface area (TPSA) is 73.6 Å². The number of hydrogen-bond donors (Lipinski definition) is 2. The van der Waals surface area contributed by atoms with Gasteiger partial charge in [-0.3, -0.25) is 0 Å². The minimum absolute atomic E-state index is 0.336. The Morgan fingerprint density at radius 2 is 2.14 bits per heavy atom. The molecule has 0 bridgehead atoms. The highest BCUT2D eigenvalue weighted by Gasteiger charge is 2.11. The number of nitrogens with two attached hydrogens (primary N) is 1. The van der Waals surface area contributed by atoms with Crippen molar-refractivity contribution in [2.24, 2.45) is 5.92 Å². The van der Waals surface area contributed by atoms with Gasteiger partial charge >= 0.3 is 5.97 Å². The molecular weight excluding hydrogens is 268 g/mol. The summed E-state index contributed by atoms with van der Waals surface area (Å²) in [7, 11) is 0. The molecule has 0 unspecified atom stereocenters. The molecule has 0 heterocycles. The van der Waals surface area contributed by atoms with Crippen LogP contribution in [0.25, 0.3) is 0 Å². The maximum atomic E-state index is 11.7. The number of anilines is 2. The zero-order valence-electron chi connectivity index (χ0n) is 13.1. The van der Waals surface area contributed by atoms with Gasteiger partial charge in [0, 0.05) is 31.1 Å². The van der Waals surface area contributed by atoms with Crippen LogP contribution >= 0.6 is 0 Å². The van der Waals surface area contributed by atoms with E-state index in [0.29, 0.717) is 23.8 Å². The lowest BCUT2D eigenvalue weighted by molar-refractivity contribution is 0.0527. The average molecular weight is 294 g/mol. The summed E-state index contributed by atoms with van der Waals surface area (Å²) in [6, 6.07) is 5.29. The predicted octanol–water partition coefficient (Wildman–Crippen LogP) is 2.92. The Hall–Kier alpha value is -1.75. The summed E-state index contributed by atoms with van der Waals surface area (Å²) >= 11 is 0. The van der Waals surface area contributed by atoms with Crippen LogP contribution in [0.5, 0.6) is 0 Å². The van der Waals surface area contributed by atoms with Crippen LogP contribution in [0.3, 0.4) is 0 Å². The molecule has 0 aliphatic heterocycles. The summed E-state index contributed by atoms with van der Waals surface area (Å²) in [5, 5.41) is 3.25. The van der Waals surface area contributed by atoms with E-state index in [1.54, 1.807) is 19.1 Å². The van der Waals surface area contributed by atoms with Crippen molar-refractivity contribution in [3.8, 4) is 0 Å². The standard InChI is InChI=1S/C16H26N2O3/c1-4-21-16(19)14-10-13(6-7-15(14)17)18-8-5-9-20-11-12(2)3/h6-7,10,12,18H,4-5,8-9,11,17H2,1-3H3. The van der Waals surface area contributed by atoms with Crippen molar-refractivity contribution in [2.75, 3.05) is 37.4 Å². The SMILES string of the molecule is CCOC(=O)c1cc(NCCCOCC(C)C)ccc1N. The number of nitrogens with one attached hydrogen (secondary N) is 1. The highest BCUT2D eigenvalue weighted by molar-refractivity contribution is 5.96. The van der Waals surface area contributed by atoms with Crippen LogP contribution in [0.15, 0.2) is 18.2 Å². The van der Waals surface area contributed by atoms with Crippen molar-refractivity contribution >= 4 is 17.3 Å². The molecule has 3 N–H and O–H groups in total. The first-order chi connectivity index (χ1) is 10.0. The summed E-state index contributed by atoms with van der Waals surface area (Å²) in [5.74, 6) is 0.168. The van der Waals surface area contributed by atoms with Gasteiger partial charge in [-0.15, -0.1) is 0 Å². The van der Waals surface area contributed by atoms with Gasteiger partial charge < -0.3 is 20.5 Å². The Bertz CT molecular complexity index is 447. The lowest BCUT2D eigenvalue weighted by Crippen LogP contribution is -2.11. The summed E-state index contributed by atoms with van der Waals surface area (Å²) in [6.45, 7) is 8.66. The fraction of sp³-hybridized carbons (Fsp3) is 0.562. The maximum Gasteiger partial charge on any atom is 0.340 e. The third-order valence-corrected chi connectivity index (χ3v) is 2.79. The Labute approximate surface area is 126 Å². The van der Waals surface area contributed by atoms with Crippen LogP contribution in [0.4, 0.5) is 11.4 Å². The zero-order chi connectivity index (χ0) is 15.7. The number of ether oxygens (including phenoxy) is 2. The lowest BCUT2D eigenvalue weighted by Gasteiger charge is -2.11. The van der Waals surface area contributed by atoms with Crippen molar-refractivity contribution in [3.63, 3.8) is 0 Å². The average Bonchev–Trinajstić information content (AvgIpc) is 2.44. The fourth-order valence-corrected chi connectivity index (χ4v) is 1.78. The maximum absolute atomic E-state index is 11.7. The van der Waals surface area contributed by atoms with Gasteiger partial charge in [-0.2, -0.15) is 0 Å². The van der Waals surface area contributed by atoms with E-state index in [4.69, 9.17) is 15.2 Å². The van der Waals surface area contributed by atoms with E-state index >= 15 is 0 Å². The van der Waals surface area contributed by atoms with Crippen LogP contribution in [-0.4, -0.2) is 32.3 Å². The quantitative estimate of drug-likeness (QED) is 0.416. The second kappa shape index (κ2) is 9.23. The minimum atomic E-state index is -0.390. The Morgan fingerprint density at radius 1 is 1.38 bits per heavy atom. The molecule has 0 amide bonds. The molecule has 0 atom stereocenters. The van der Waals surface area contributed by atoms with Crippen molar-refractivity contribution in [3.05, 3.63) is 23.8 Å². The van der Waals surface area contributed by atoms with E-state index < -0.39 is 0 Å². The molecule has 0 fully saturated rings. The number of hydrogen-bond acceptors (Lipinski definition) is 5. The van der Waals surface area contributed by atoms with Gasteiger partial charge in [-0.25, -0.2) is 4.79 Å². The highest BCUT2D eigenvalue weighted by atomic mass is 16.5. The number of rotatable bonds is 9. The lowest BCUT2D eigenvalue weighted by atomic mass is 10.1. The van der Waals surface area contributed by atoms with Crippen molar-refractivity contribution in [1.29, 1.82) is 0 Å². The zero-order valence-corrected chi connectivity index (χ0v) is 13.1. The first-order valence-electron chi connectivity index (χ1n) is 7.42. The summed E-state index contributed by atoms with van der Waals surface area (Å²) in [5.41, 5.74) is 7.48. The van der Waals surface area contributed by atoms with Gasteiger partial charge in [0.25, 0.3) is 0 Å². The largest absolute Gasteiger partial charge is 0.462 e. The van der Waals surface area contributed by atoms with Crippen molar-refractivity contribution in [1.82, 2.24) is 0 Å². The molecule has 1 rings (SSSR count). The Morgan fingerprint density at radius 3 is 2.81 bits per heavy atom. The third kappa shape index (κ3) is 6.49. The third-order valence-electron chi connectivity index (χ3n) is 2.79. The first-order valence-corrected chi connectivity index (χ1v) is 7.42. The molecule has 21 heavy (non-hydrogen) atoms. The molecule has 0 radical (unpaired) electrons. The monoisotopic (exact) mass is 294 g/mol. The number of carbonyl (C=O) groups excluding carboxylic acids is 1. The number of esters is 1. The van der Waals surface area contributed by atoms with Crippen LogP contribution in [-0.2, 0) is 9.47 Å². The van der Waals surface area contributed by atoms with Gasteiger partial charge in [0.05, 0.1) is 12.2 Å². The molecule has 118 valence electrons. The number of carbonyl (C=O) groups is 1. The Balaban J connectivity index is 2.42. The molecule has 0 aromatic heterocycles. The number of nitrogen functional groups attached to an aromatic ring is 1. The van der Waals surface area contributed by atoms with E-state index in [-0.39, 0.29) is 5.97 Å². The first kappa shape index (κ1) is 17.3. The fourth-order valence-electron chi connectivity index (χ4n) is 1.78. The predicted molar refractivity (Wildman–Crippen MR) is 85.6 cm³/mol. The summed E-state index contributed by atoms with van der Waals surface area (Å²) in [6.07, 6.45) is 0.909. The Kier molecular flexibility index (Phi) is 7.61. The van der Waals surface area contributed by atoms with Crippen LogP contribution in [0, 0.1) is 5.92 Å². The van der Waals surface area contributed by atoms with Crippen LogP contribution in [0.1, 0.15) is 37.6 Å². The van der Waals surface area contributed by atoms with E-state index in [1.807, 2.05) is 6.07 Å². The van der Waals surface area contributed by atoms with E-state index in [0.717, 1.165) is 31.9 Å². The minimum Gasteiger partial charge on any atom is -0.462 e. The van der Waals surface area contributed by atoms with Gasteiger partial charge in [-0.1, -0.05) is 13.8 Å². The normalized spacial score (nSPS) is 10.7. The van der Waals surface area contributed by atoms with Crippen molar-refractivity contribution < 1.29 is 14.3 Å². The van der Waals surface area contributed by atoms with Gasteiger partial charge in [0.1, 0.15) is 0 Å². The van der Waals surface area contributed by atoms with Crippen molar-refractivity contribution in [2.45, 2.75) is 27.2 Å². The molecule has 0 aliphatic carbocycles. The van der Waals surface area contributed by atoms with Crippen LogP contribution in [0.2, 0.25) is 0 Å². The van der Waals surface area contributed by atoms with Gasteiger partial charge in [0.15, 0.2) is 0 Å². The smallest absolute Gasteiger partial charge is 0.340 e. The second-order valence-electron chi connectivity index (χ2n) is 5.27. The van der Waals surface area contributed by atoms with E-state index in [9.17, 15) is 4.79 Å². The summed E-state index contributed by atoms with van der Waals surface area (Å²) in [4.78, 5) is 11.7. The highest BCUT2D eigenvalue weighted by Crippen LogP contribution is 2.18. The molecule has 1 aromatic carbocycles. The molecule has 5 heteroatoms. The van der Waals surface area contributed by atoms with E-state index in [1.165, 1.54) is 0 Å². The molecule has 0 saturated heterocycles. The molecule has 0 saturated carbocycles. The number of benzene rings is 1. The van der Waals surface area contributed by atoms with E-state index in [2.05, 4.69) is 19.2 Å². The van der Waals surface area contributed by atoms with Gasteiger partial charge in [-0.05, 0) is 37.5 Å². The molecule has 0 aliphatic rings. The molecular formula is C16H26N2O3. The molecule has 5 nitrogen and oxygen atoms in total. The van der Waals surface area contributed by atoms with Gasteiger partial charge in [0.2, 0.25) is 0 Å².